The molecule has 9 nitrogen and oxygen atoms in total. The highest BCUT2D eigenvalue weighted by molar-refractivity contribution is 7.15. The Labute approximate surface area is 177 Å². The zero-order valence-electron chi connectivity index (χ0n) is 16.8. The minimum absolute atomic E-state index is 0.155. The van der Waals surface area contributed by atoms with Crippen molar-refractivity contribution in [2.45, 2.75) is 51.3 Å². The largest absolute Gasteiger partial charge is 0.467 e. The molecule has 2 aliphatic heterocycles. The molecule has 0 aliphatic carbocycles. The number of aryl methyl sites for hydroxylation is 1. The third-order valence-electron chi connectivity index (χ3n) is 5.44. The molecule has 2 aromatic rings. The van der Waals surface area contributed by atoms with Crippen LogP contribution in [0.1, 0.15) is 48.5 Å². The molecule has 30 heavy (non-hydrogen) atoms. The molecule has 0 bridgehead atoms. The maximum absolute atomic E-state index is 12.8. The number of hydrogen-bond acceptors (Lipinski definition) is 7. The molecule has 1 saturated heterocycles. The van der Waals surface area contributed by atoms with E-state index >= 15 is 0 Å². The van der Waals surface area contributed by atoms with Gasteiger partial charge in [-0.1, -0.05) is 30.4 Å². The van der Waals surface area contributed by atoms with Crippen LogP contribution in [-0.2, 0) is 16.0 Å². The van der Waals surface area contributed by atoms with Crippen molar-refractivity contribution in [2.75, 3.05) is 11.9 Å². The monoisotopic (exact) mass is 429 g/mol. The Morgan fingerprint density at radius 3 is 2.90 bits per heavy atom. The van der Waals surface area contributed by atoms with Gasteiger partial charge >= 0.3 is 0 Å². The molecule has 2 N–H and O–H groups in total. The molecule has 10 heteroatoms. The molecule has 1 spiro atoms. The lowest BCUT2D eigenvalue weighted by atomic mass is 10.0. The second-order valence-electron chi connectivity index (χ2n) is 7.40. The highest BCUT2D eigenvalue weighted by atomic mass is 32.1. The first-order chi connectivity index (χ1) is 14.4. The summed E-state index contributed by atoms with van der Waals surface area (Å²) in [4.78, 5) is 39.5. The van der Waals surface area contributed by atoms with Gasteiger partial charge in [0.05, 0.1) is 5.56 Å². The Morgan fingerprint density at radius 1 is 1.33 bits per heavy atom. The molecular weight excluding hydrogens is 406 g/mol. The number of fused-ring (bicyclic) bond motifs is 1. The Bertz CT molecular complexity index is 993. The van der Waals surface area contributed by atoms with Crippen LogP contribution in [0.3, 0.4) is 0 Å². The van der Waals surface area contributed by atoms with E-state index in [1.807, 2.05) is 13.0 Å². The van der Waals surface area contributed by atoms with E-state index in [-0.39, 0.29) is 30.7 Å². The average molecular weight is 430 g/mol. The lowest BCUT2D eigenvalue weighted by Gasteiger charge is -2.38. The molecule has 2 unspecified atom stereocenters. The first-order valence-electron chi connectivity index (χ1n) is 9.94. The van der Waals surface area contributed by atoms with Crippen LogP contribution in [0.4, 0.5) is 5.13 Å². The topological polar surface area (TPSA) is 114 Å². The quantitative estimate of drug-likeness (QED) is 0.768. The fourth-order valence-electron chi connectivity index (χ4n) is 3.69. The number of anilines is 1. The van der Waals surface area contributed by atoms with Gasteiger partial charge in [-0.05, 0) is 25.5 Å². The lowest BCUT2D eigenvalue weighted by Crippen LogP contribution is -2.56. The van der Waals surface area contributed by atoms with Crippen LogP contribution < -0.4 is 15.4 Å². The maximum atomic E-state index is 12.8. The Kier molecular flexibility index (Phi) is 5.42. The summed E-state index contributed by atoms with van der Waals surface area (Å²) in [6, 6.07) is 6.36. The van der Waals surface area contributed by atoms with Crippen molar-refractivity contribution >= 4 is 34.2 Å². The highest BCUT2D eigenvalue weighted by Gasteiger charge is 2.43. The summed E-state index contributed by atoms with van der Waals surface area (Å²) in [5.41, 5.74) is -0.479. The van der Waals surface area contributed by atoms with E-state index < -0.39 is 11.8 Å². The molecule has 3 heterocycles. The lowest BCUT2D eigenvalue weighted by molar-refractivity contribution is -0.137. The van der Waals surface area contributed by atoms with Crippen molar-refractivity contribution < 1.29 is 19.1 Å². The summed E-state index contributed by atoms with van der Waals surface area (Å²) < 4.78 is 6.13. The van der Waals surface area contributed by atoms with E-state index in [1.54, 1.807) is 25.1 Å². The summed E-state index contributed by atoms with van der Waals surface area (Å²) >= 11 is 1.32. The normalized spacial score (nSPS) is 22.0. The van der Waals surface area contributed by atoms with Gasteiger partial charge in [0.15, 0.2) is 5.72 Å². The zero-order valence-corrected chi connectivity index (χ0v) is 17.6. The zero-order chi connectivity index (χ0) is 21.3. The molecule has 158 valence electrons. The van der Waals surface area contributed by atoms with Crippen molar-refractivity contribution in [1.82, 2.24) is 20.4 Å². The summed E-state index contributed by atoms with van der Waals surface area (Å²) in [6.07, 6.45) is 1.63. The number of hydrogen-bond donors (Lipinski definition) is 2. The molecule has 1 fully saturated rings. The molecule has 0 saturated carbocycles. The maximum Gasteiger partial charge on any atom is 0.258 e. The number of benzene rings is 1. The number of carbonyl (C=O) groups excluding carboxylic acids is 3. The van der Waals surface area contributed by atoms with Crippen LogP contribution in [0, 0.1) is 0 Å². The van der Waals surface area contributed by atoms with Crippen LogP contribution in [0.2, 0.25) is 0 Å². The predicted molar refractivity (Wildman–Crippen MR) is 110 cm³/mol. The van der Waals surface area contributed by atoms with E-state index in [0.717, 1.165) is 11.4 Å². The fraction of sp³-hybridized carbons (Fsp3) is 0.450. The average Bonchev–Trinajstić information content (AvgIpc) is 3.13. The van der Waals surface area contributed by atoms with E-state index in [1.165, 1.54) is 16.2 Å². The van der Waals surface area contributed by atoms with E-state index in [4.69, 9.17) is 4.74 Å². The molecule has 3 amide bonds. The minimum atomic E-state index is -0.957. The summed E-state index contributed by atoms with van der Waals surface area (Å²) in [6.45, 7) is 3.93. The minimum Gasteiger partial charge on any atom is -0.467 e. The van der Waals surface area contributed by atoms with Crippen LogP contribution in [0.25, 0.3) is 0 Å². The van der Waals surface area contributed by atoms with Gasteiger partial charge in [0.1, 0.15) is 16.8 Å². The number of nitrogens with one attached hydrogen (secondary N) is 2. The van der Waals surface area contributed by atoms with Gasteiger partial charge in [-0.3, -0.25) is 19.7 Å². The second-order valence-corrected chi connectivity index (χ2v) is 8.47. The van der Waals surface area contributed by atoms with Gasteiger partial charge in [0.2, 0.25) is 16.9 Å². The van der Waals surface area contributed by atoms with Crippen molar-refractivity contribution in [3.8, 4) is 5.75 Å². The van der Waals surface area contributed by atoms with Gasteiger partial charge < -0.3 is 15.0 Å². The number of carbonyl (C=O) groups is 3. The smallest absolute Gasteiger partial charge is 0.258 e. The van der Waals surface area contributed by atoms with Crippen LogP contribution in [0.5, 0.6) is 5.75 Å². The number of aromatic nitrogens is 2. The molecule has 1 aromatic heterocycles. The Hall–Kier alpha value is -3.01. The molecule has 0 radical (unpaired) electrons. The summed E-state index contributed by atoms with van der Waals surface area (Å²) in [5.74, 6) is -0.183. The van der Waals surface area contributed by atoms with Crippen molar-refractivity contribution in [3.63, 3.8) is 0 Å². The van der Waals surface area contributed by atoms with Gasteiger partial charge in [-0.25, -0.2) is 0 Å². The Balaban J connectivity index is 1.46. The first kappa shape index (κ1) is 20.3. The number of rotatable bonds is 4. The Morgan fingerprint density at radius 2 is 2.13 bits per heavy atom. The SMILES string of the molecule is CCc1nnc(NC(=O)C(C)N2CCC3(CCC2=O)NC(=O)c2ccccc2O3)s1. The van der Waals surface area contributed by atoms with Crippen molar-refractivity contribution in [2.24, 2.45) is 0 Å². The number of likely N-dealkylation sites (tertiary alicyclic amines) is 1. The third-order valence-corrected chi connectivity index (χ3v) is 6.43. The second kappa shape index (κ2) is 8.02. The van der Waals surface area contributed by atoms with Gasteiger partial charge in [0.25, 0.3) is 5.91 Å². The summed E-state index contributed by atoms with van der Waals surface area (Å²) in [5, 5.41) is 14.9. The van der Waals surface area contributed by atoms with Gasteiger partial charge in [-0.15, -0.1) is 10.2 Å². The number of nitrogens with zero attached hydrogens (tertiary/aromatic N) is 3. The molecule has 2 atom stereocenters. The molecule has 2 aliphatic rings. The molecular formula is C20H23N5O4S. The highest BCUT2D eigenvalue weighted by Crippen LogP contribution is 2.34. The number of ether oxygens (including phenoxy) is 1. The van der Waals surface area contributed by atoms with Crippen molar-refractivity contribution in [1.29, 1.82) is 0 Å². The van der Waals surface area contributed by atoms with E-state index in [2.05, 4.69) is 20.8 Å². The standard InChI is InChI=1S/C20H23N5O4S/c1-3-15-23-24-19(30-15)21-17(27)12(2)25-11-10-20(9-8-16(25)26)22-18(28)13-6-4-5-7-14(13)29-20/h4-7,12H,3,8-11H2,1-2H3,(H,22,28)(H,21,24,27). The van der Waals surface area contributed by atoms with E-state index in [9.17, 15) is 14.4 Å². The third kappa shape index (κ3) is 3.87. The van der Waals surface area contributed by atoms with Gasteiger partial charge in [-0.2, -0.15) is 0 Å². The van der Waals surface area contributed by atoms with Crippen LogP contribution >= 0.6 is 11.3 Å². The number of para-hydroxylation sites is 1. The number of amides is 3. The van der Waals surface area contributed by atoms with Crippen LogP contribution in [-0.4, -0.2) is 51.1 Å². The molecule has 4 rings (SSSR count). The predicted octanol–water partition coefficient (Wildman–Crippen LogP) is 1.96. The van der Waals surface area contributed by atoms with Gasteiger partial charge in [0, 0.05) is 25.8 Å². The van der Waals surface area contributed by atoms with Crippen molar-refractivity contribution in [3.05, 3.63) is 34.8 Å². The summed E-state index contributed by atoms with van der Waals surface area (Å²) in [7, 11) is 0. The van der Waals surface area contributed by atoms with E-state index in [0.29, 0.717) is 29.3 Å². The molecule has 1 aromatic carbocycles. The fourth-order valence-corrected chi connectivity index (χ4v) is 4.37. The van der Waals surface area contributed by atoms with Crippen LogP contribution in [0.15, 0.2) is 24.3 Å². The first-order valence-corrected chi connectivity index (χ1v) is 10.8.